The van der Waals surface area contributed by atoms with Gasteiger partial charge >= 0.3 is 0 Å². The zero-order valence-corrected chi connectivity index (χ0v) is 11.8. The van der Waals surface area contributed by atoms with Gasteiger partial charge in [0.25, 0.3) is 10.2 Å². The molecule has 8 nitrogen and oxygen atoms in total. The maximum Gasteiger partial charge on any atom is 0.282 e. The molecule has 0 aromatic carbocycles. The van der Waals surface area contributed by atoms with E-state index >= 15 is 0 Å². The molecule has 9 heteroatoms. The van der Waals surface area contributed by atoms with Crippen molar-refractivity contribution in [3.8, 4) is 0 Å². The van der Waals surface area contributed by atoms with Gasteiger partial charge in [0.1, 0.15) is 0 Å². The van der Waals surface area contributed by atoms with Crippen LogP contribution in [-0.4, -0.2) is 72.4 Å². The van der Waals surface area contributed by atoms with Gasteiger partial charge in [-0.3, -0.25) is 0 Å². The molecule has 1 aromatic rings. The molecule has 2 aliphatic heterocycles. The second-order valence-electron chi connectivity index (χ2n) is 4.75. The van der Waals surface area contributed by atoms with Gasteiger partial charge in [0.2, 0.25) is 5.95 Å². The van der Waals surface area contributed by atoms with E-state index in [1.54, 1.807) is 18.5 Å². The smallest absolute Gasteiger partial charge is 0.282 e. The normalized spacial score (nSPS) is 22.4. The first-order valence-corrected chi connectivity index (χ1v) is 7.92. The number of hydrogen-bond donors (Lipinski definition) is 1. The summed E-state index contributed by atoms with van der Waals surface area (Å²) in [6, 6.07) is 1.80. The molecule has 3 heterocycles. The highest BCUT2D eigenvalue weighted by Crippen LogP contribution is 2.20. The molecule has 1 aromatic heterocycles. The maximum absolute atomic E-state index is 12.3. The molecule has 0 saturated carbocycles. The Morgan fingerprint density at radius 1 is 1.15 bits per heavy atom. The number of morpholine rings is 1. The van der Waals surface area contributed by atoms with Crippen molar-refractivity contribution >= 4 is 16.2 Å². The van der Waals surface area contributed by atoms with E-state index in [4.69, 9.17) is 4.74 Å². The van der Waals surface area contributed by atoms with Crippen LogP contribution in [0.5, 0.6) is 0 Å². The number of aromatic nitrogens is 2. The summed E-state index contributed by atoms with van der Waals surface area (Å²) in [5.74, 6) is 0.529. The van der Waals surface area contributed by atoms with Gasteiger partial charge in [-0.25, -0.2) is 9.97 Å². The molecule has 0 bridgehead atoms. The van der Waals surface area contributed by atoms with Crippen molar-refractivity contribution in [3.05, 3.63) is 18.5 Å². The zero-order chi connectivity index (χ0) is 14.0. The third-order valence-electron chi connectivity index (χ3n) is 3.37. The van der Waals surface area contributed by atoms with Crippen LogP contribution in [0.3, 0.4) is 0 Å². The second kappa shape index (κ2) is 5.60. The number of anilines is 1. The number of rotatable bonds is 4. The highest BCUT2D eigenvalue weighted by Gasteiger charge is 2.39. The fourth-order valence-electron chi connectivity index (χ4n) is 2.21. The van der Waals surface area contributed by atoms with E-state index in [9.17, 15) is 8.42 Å². The van der Waals surface area contributed by atoms with Gasteiger partial charge in [-0.1, -0.05) is 0 Å². The summed E-state index contributed by atoms with van der Waals surface area (Å²) in [4.78, 5) is 8.12. The third-order valence-corrected chi connectivity index (χ3v) is 5.34. The Bertz CT molecular complexity index is 540. The number of hydrogen-bond acceptors (Lipinski definition) is 6. The van der Waals surface area contributed by atoms with Gasteiger partial charge in [0.05, 0.1) is 19.3 Å². The standard InChI is InChI=1S/C11H17N5O3S/c17-20(18,15-4-6-19-7-5-15)16-8-10(9-16)14-11-12-2-1-3-13-11/h1-3,10H,4-9H2,(H,12,13,14). The highest BCUT2D eigenvalue weighted by molar-refractivity contribution is 7.86. The Labute approximate surface area is 117 Å². The van der Waals surface area contributed by atoms with Crippen LogP contribution in [0.15, 0.2) is 18.5 Å². The topological polar surface area (TPSA) is 87.7 Å². The Hall–Kier alpha value is -1.29. The van der Waals surface area contributed by atoms with Crippen LogP contribution in [0.25, 0.3) is 0 Å². The molecule has 0 aliphatic carbocycles. The predicted octanol–water partition coefficient (Wildman–Crippen LogP) is -0.850. The fourth-order valence-corrected chi connectivity index (χ4v) is 3.89. The van der Waals surface area contributed by atoms with E-state index in [-0.39, 0.29) is 6.04 Å². The Morgan fingerprint density at radius 2 is 1.80 bits per heavy atom. The lowest BCUT2D eigenvalue weighted by Gasteiger charge is -2.41. The number of ether oxygens (including phenoxy) is 1. The van der Waals surface area contributed by atoms with Gasteiger partial charge in [-0.05, 0) is 6.07 Å². The predicted molar refractivity (Wildman–Crippen MR) is 72.3 cm³/mol. The van der Waals surface area contributed by atoms with E-state index in [1.807, 2.05) is 0 Å². The summed E-state index contributed by atoms with van der Waals surface area (Å²) in [5.41, 5.74) is 0. The average molecular weight is 299 g/mol. The molecule has 2 aliphatic rings. The van der Waals surface area contributed by atoms with E-state index in [0.717, 1.165) is 0 Å². The lowest BCUT2D eigenvalue weighted by Crippen LogP contribution is -2.61. The van der Waals surface area contributed by atoms with Crippen LogP contribution in [0.1, 0.15) is 0 Å². The Morgan fingerprint density at radius 3 is 2.45 bits per heavy atom. The molecule has 2 saturated heterocycles. The van der Waals surface area contributed by atoms with Crippen LogP contribution < -0.4 is 5.32 Å². The molecule has 0 atom stereocenters. The van der Waals surface area contributed by atoms with Crippen molar-refractivity contribution in [2.45, 2.75) is 6.04 Å². The van der Waals surface area contributed by atoms with Crippen LogP contribution in [0.2, 0.25) is 0 Å². The molecule has 3 rings (SSSR count). The monoisotopic (exact) mass is 299 g/mol. The van der Waals surface area contributed by atoms with Crippen molar-refractivity contribution < 1.29 is 13.2 Å². The van der Waals surface area contributed by atoms with Crippen LogP contribution in [0.4, 0.5) is 5.95 Å². The second-order valence-corrected chi connectivity index (χ2v) is 6.68. The fraction of sp³-hybridized carbons (Fsp3) is 0.636. The average Bonchev–Trinajstić information content (AvgIpc) is 2.44. The van der Waals surface area contributed by atoms with Crippen molar-refractivity contribution in [2.24, 2.45) is 0 Å². The molecule has 0 unspecified atom stereocenters. The minimum absolute atomic E-state index is 0.0632. The van der Waals surface area contributed by atoms with Gasteiger partial charge in [-0.15, -0.1) is 0 Å². The Kier molecular flexibility index (Phi) is 3.83. The summed E-state index contributed by atoms with van der Waals surface area (Å²) in [5, 5.41) is 3.11. The number of nitrogens with one attached hydrogen (secondary N) is 1. The summed E-state index contributed by atoms with van der Waals surface area (Å²) >= 11 is 0. The van der Waals surface area contributed by atoms with Crippen molar-refractivity contribution in [1.29, 1.82) is 0 Å². The van der Waals surface area contributed by atoms with Gasteiger partial charge in [-0.2, -0.15) is 17.0 Å². The SMILES string of the molecule is O=S(=O)(N1CCOCC1)N1CC(Nc2ncccn2)C1. The van der Waals surface area contributed by atoms with E-state index in [2.05, 4.69) is 15.3 Å². The molecule has 0 amide bonds. The van der Waals surface area contributed by atoms with Crippen LogP contribution >= 0.6 is 0 Å². The molecule has 1 N–H and O–H groups in total. The quantitative estimate of drug-likeness (QED) is 0.779. The minimum Gasteiger partial charge on any atom is -0.379 e. The molecule has 0 spiro atoms. The number of nitrogens with zero attached hydrogens (tertiary/aromatic N) is 4. The molecule has 2 fully saturated rings. The van der Waals surface area contributed by atoms with E-state index < -0.39 is 10.2 Å². The first-order valence-electron chi connectivity index (χ1n) is 6.53. The zero-order valence-electron chi connectivity index (χ0n) is 11.0. The molecular formula is C11H17N5O3S. The van der Waals surface area contributed by atoms with E-state index in [1.165, 1.54) is 8.61 Å². The first-order chi connectivity index (χ1) is 9.66. The lowest BCUT2D eigenvalue weighted by molar-refractivity contribution is 0.0684. The van der Waals surface area contributed by atoms with Gasteiger partial charge in [0, 0.05) is 38.6 Å². The van der Waals surface area contributed by atoms with Crippen LogP contribution in [-0.2, 0) is 14.9 Å². The summed E-state index contributed by atoms with van der Waals surface area (Å²) in [6.45, 7) is 2.67. The van der Waals surface area contributed by atoms with Crippen molar-refractivity contribution in [1.82, 2.24) is 18.6 Å². The van der Waals surface area contributed by atoms with Gasteiger partial charge in [0.15, 0.2) is 0 Å². The van der Waals surface area contributed by atoms with Crippen molar-refractivity contribution in [3.63, 3.8) is 0 Å². The summed E-state index contributed by atoms with van der Waals surface area (Å²) in [6.07, 6.45) is 3.30. The van der Waals surface area contributed by atoms with Crippen molar-refractivity contribution in [2.75, 3.05) is 44.7 Å². The largest absolute Gasteiger partial charge is 0.379 e. The minimum atomic E-state index is -3.34. The third kappa shape index (κ3) is 2.75. The lowest BCUT2D eigenvalue weighted by atomic mass is 10.2. The summed E-state index contributed by atoms with van der Waals surface area (Å²) in [7, 11) is -3.34. The van der Waals surface area contributed by atoms with Gasteiger partial charge < -0.3 is 10.1 Å². The molecular weight excluding hydrogens is 282 g/mol. The highest BCUT2D eigenvalue weighted by atomic mass is 32.2. The first kappa shape index (κ1) is 13.7. The maximum atomic E-state index is 12.3. The van der Waals surface area contributed by atoms with E-state index in [0.29, 0.717) is 45.3 Å². The van der Waals surface area contributed by atoms with Crippen LogP contribution in [0, 0.1) is 0 Å². The molecule has 20 heavy (non-hydrogen) atoms. The molecule has 110 valence electrons. The summed E-state index contributed by atoms with van der Waals surface area (Å²) < 4.78 is 32.7. The molecule has 0 radical (unpaired) electrons. The Balaban J connectivity index is 1.54.